The van der Waals surface area contributed by atoms with Crippen LogP contribution in [0.15, 0.2) is 52.3 Å². The zero-order valence-corrected chi connectivity index (χ0v) is 16.5. The Bertz CT molecular complexity index is 949. The van der Waals surface area contributed by atoms with Gasteiger partial charge < -0.3 is 9.47 Å². The third-order valence-corrected chi connectivity index (χ3v) is 5.14. The minimum Gasteiger partial charge on any atom is -0.447 e. The van der Waals surface area contributed by atoms with E-state index in [9.17, 15) is 9.59 Å². The standard InChI is InChI=1S/C21H20N2O4S/c1-3-4-11-23-17-10-9-15(22-21(25)27-13-12-26-2)14-19(17)28-18-8-6-5-7-16(18)20(23)24/h5-10,14H,11-13H2,1-2H3,(H,22,25). The second-order valence-corrected chi connectivity index (χ2v) is 6.94. The lowest BCUT2D eigenvalue weighted by Gasteiger charge is -2.21. The monoisotopic (exact) mass is 396 g/mol. The van der Waals surface area contributed by atoms with E-state index >= 15 is 0 Å². The number of anilines is 2. The third-order valence-electron chi connectivity index (χ3n) is 4.01. The summed E-state index contributed by atoms with van der Waals surface area (Å²) in [6.07, 6.45) is -0.555. The van der Waals surface area contributed by atoms with E-state index in [4.69, 9.17) is 9.47 Å². The van der Waals surface area contributed by atoms with Crippen molar-refractivity contribution < 1.29 is 19.1 Å². The van der Waals surface area contributed by atoms with Gasteiger partial charge in [0, 0.05) is 22.6 Å². The van der Waals surface area contributed by atoms with Gasteiger partial charge in [-0.15, -0.1) is 5.92 Å². The van der Waals surface area contributed by atoms with Crippen LogP contribution in [0.3, 0.4) is 0 Å². The van der Waals surface area contributed by atoms with Crippen molar-refractivity contribution in [2.75, 3.05) is 37.1 Å². The Morgan fingerprint density at radius 1 is 1.18 bits per heavy atom. The number of rotatable bonds is 5. The summed E-state index contributed by atoms with van der Waals surface area (Å²) in [5, 5.41) is 2.70. The van der Waals surface area contributed by atoms with Crippen molar-refractivity contribution in [3.05, 3.63) is 48.0 Å². The number of methoxy groups -OCH3 is 1. The van der Waals surface area contributed by atoms with Crippen LogP contribution in [0.5, 0.6) is 0 Å². The highest BCUT2D eigenvalue weighted by Gasteiger charge is 2.27. The number of carbonyl (C=O) groups is 2. The van der Waals surface area contributed by atoms with Crippen molar-refractivity contribution in [3.8, 4) is 11.8 Å². The van der Waals surface area contributed by atoms with Crippen LogP contribution in [0.4, 0.5) is 16.2 Å². The minimum atomic E-state index is -0.555. The quantitative estimate of drug-likeness (QED) is 0.611. The molecule has 0 aliphatic carbocycles. The molecular weight excluding hydrogens is 376 g/mol. The average Bonchev–Trinajstić information content (AvgIpc) is 2.80. The summed E-state index contributed by atoms with van der Waals surface area (Å²) < 4.78 is 9.90. The van der Waals surface area contributed by atoms with Gasteiger partial charge in [0.1, 0.15) is 6.61 Å². The molecule has 1 heterocycles. The Morgan fingerprint density at radius 3 is 2.79 bits per heavy atom. The number of ether oxygens (including phenoxy) is 2. The molecule has 28 heavy (non-hydrogen) atoms. The van der Waals surface area contributed by atoms with Crippen LogP contribution >= 0.6 is 11.8 Å². The van der Waals surface area contributed by atoms with Gasteiger partial charge in [-0.1, -0.05) is 29.8 Å². The van der Waals surface area contributed by atoms with Gasteiger partial charge in [0.2, 0.25) is 0 Å². The molecule has 6 nitrogen and oxygen atoms in total. The lowest BCUT2D eigenvalue weighted by Crippen LogP contribution is -2.31. The van der Waals surface area contributed by atoms with Crippen LogP contribution < -0.4 is 10.2 Å². The summed E-state index contributed by atoms with van der Waals surface area (Å²) in [4.78, 5) is 28.3. The lowest BCUT2D eigenvalue weighted by molar-refractivity contribution is 0.0987. The zero-order valence-electron chi connectivity index (χ0n) is 15.7. The molecule has 0 fully saturated rings. The lowest BCUT2D eigenvalue weighted by atomic mass is 10.1. The van der Waals surface area contributed by atoms with Crippen molar-refractivity contribution in [1.29, 1.82) is 0 Å². The summed E-state index contributed by atoms with van der Waals surface area (Å²) in [6, 6.07) is 12.9. The van der Waals surface area contributed by atoms with Gasteiger partial charge in [-0.2, -0.15) is 0 Å². The smallest absolute Gasteiger partial charge is 0.411 e. The molecule has 3 rings (SSSR count). The number of nitrogens with zero attached hydrogens (tertiary/aromatic N) is 1. The van der Waals surface area contributed by atoms with Gasteiger partial charge in [-0.05, 0) is 37.3 Å². The molecule has 7 heteroatoms. The zero-order chi connectivity index (χ0) is 19.9. The summed E-state index contributed by atoms with van der Waals surface area (Å²) in [7, 11) is 1.54. The van der Waals surface area contributed by atoms with Gasteiger partial charge in [0.15, 0.2) is 0 Å². The predicted octanol–water partition coefficient (Wildman–Crippen LogP) is 4.02. The van der Waals surface area contributed by atoms with E-state index < -0.39 is 6.09 Å². The molecule has 0 saturated carbocycles. The van der Waals surface area contributed by atoms with E-state index in [1.807, 2.05) is 36.4 Å². The molecule has 0 atom stereocenters. The van der Waals surface area contributed by atoms with Crippen LogP contribution in [0.25, 0.3) is 0 Å². The molecule has 1 aliphatic heterocycles. The fourth-order valence-corrected chi connectivity index (χ4v) is 3.81. The molecule has 0 spiro atoms. The van der Waals surface area contributed by atoms with Gasteiger partial charge >= 0.3 is 6.09 Å². The first-order chi connectivity index (χ1) is 13.6. The first-order valence-electron chi connectivity index (χ1n) is 8.69. The molecule has 2 aromatic rings. The average molecular weight is 396 g/mol. The Labute approximate surface area is 168 Å². The van der Waals surface area contributed by atoms with Crippen LogP contribution in [-0.4, -0.2) is 38.9 Å². The van der Waals surface area contributed by atoms with E-state index in [2.05, 4.69) is 17.2 Å². The molecule has 2 aromatic carbocycles. The van der Waals surface area contributed by atoms with Gasteiger partial charge in [0.05, 0.1) is 24.4 Å². The molecule has 1 N–H and O–H groups in total. The second kappa shape index (κ2) is 9.31. The largest absolute Gasteiger partial charge is 0.447 e. The summed E-state index contributed by atoms with van der Waals surface area (Å²) in [6.45, 7) is 2.55. The second-order valence-electron chi connectivity index (χ2n) is 5.85. The first-order valence-corrected chi connectivity index (χ1v) is 9.51. The van der Waals surface area contributed by atoms with Crippen LogP contribution in [0.1, 0.15) is 17.3 Å². The van der Waals surface area contributed by atoms with E-state index in [0.717, 1.165) is 15.5 Å². The van der Waals surface area contributed by atoms with E-state index in [-0.39, 0.29) is 12.5 Å². The molecule has 144 valence electrons. The van der Waals surface area contributed by atoms with Gasteiger partial charge in [-0.25, -0.2) is 4.79 Å². The summed E-state index contributed by atoms with van der Waals surface area (Å²) in [5.41, 5.74) is 1.98. The Kier molecular flexibility index (Phi) is 6.58. The van der Waals surface area contributed by atoms with Gasteiger partial charge in [-0.3, -0.25) is 15.0 Å². The van der Waals surface area contributed by atoms with E-state index in [0.29, 0.717) is 24.4 Å². The molecule has 0 aromatic heterocycles. The Morgan fingerprint density at radius 2 is 2.00 bits per heavy atom. The molecular formula is C21H20N2O4S. The summed E-state index contributed by atoms with van der Waals surface area (Å²) in [5.74, 6) is 5.71. The Hall–Kier alpha value is -2.95. The van der Waals surface area contributed by atoms with Crippen LogP contribution in [0.2, 0.25) is 0 Å². The van der Waals surface area contributed by atoms with Crippen molar-refractivity contribution >= 4 is 35.1 Å². The third kappa shape index (κ3) is 4.47. The van der Waals surface area contributed by atoms with Crippen LogP contribution in [-0.2, 0) is 9.47 Å². The number of fused-ring (bicyclic) bond motifs is 2. The topological polar surface area (TPSA) is 67.9 Å². The number of amides is 2. The fraction of sp³-hybridized carbons (Fsp3) is 0.238. The number of benzene rings is 2. The molecule has 0 radical (unpaired) electrons. The maximum absolute atomic E-state index is 13.1. The van der Waals surface area contributed by atoms with Crippen molar-refractivity contribution in [2.45, 2.75) is 16.7 Å². The van der Waals surface area contributed by atoms with Crippen molar-refractivity contribution in [3.63, 3.8) is 0 Å². The maximum atomic E-state index is 13.1. The van der Waals surface area contributed by atoms with Crippen LogP contribution in [0, 0.1) is 11.8 Å². The van der Waals surface area contributed by atoms with E-state index in [1.165, 1.54) is 11.8 Å². The normalized spacial score (nSPS) is 12.2. The SMILES string of the molecule is CC#CCN1C(=O)c2ccccc2Sc2cc(NC(=O)OCCOC)ccc21. The van der Waals surface area contributed by atoms with Gasteiger partial charge in [0.25, 0.3) is 5.91 Å². The number of carbonyl (C=O) groups excluding carboxylic acids is 2. The molecule has 0 unspecified atom stereocenters. The predicted molar refractivity (Wildman–Crippen MR) is 109 cm³/mol. The molecule has 1 aliphatic rings. The highest BCUT2D eigenvalue weighted by molar-refractivity contribution is 7.99. The highest BCUT2D eigenvalue weighted by atomic mass is 32.2. The van der Waals surface area contributed by atoms with E-state index in [1.54, 1.807) is 25.0 Å². The maximum Gasteiger partial charge on any atom is 0.411 e. The van der Waals surface area contributed by atoms with Crippen molar-refractivity contribution in [1.82, 2.24) is 0 Å². The molecule has 2 amide bonds. The summed E-state index contributed by atoms with van der Waals surface area (Å²) >= 11 is 1.48. The number of hydrogen-bond acceptors (Lipinski definition) is 5. The Balaban J connectivity index is 1.92. The molecule has 0 saturated heterocycles. The fourth-order valence-electron chi connectivity index (χ4n) is 2.69. The minimum absolute atomic E-state index is 0.0933. The first kappa shape index (κ1) is 19.8. The molecule has 0 bridgehead atoms. The number of nitrogens with one attached hydrogen (secondary N) is 1. The number of hydrogen-bond donors (Lipinski definition) is 1. The highest BCUT2D eigenvalue weighted by Crippen LogP contribution is 2.42. The van der Waals surface area contributed by atoms with Crippen molar-refractivity contribution in [2.24, 2.45) is 0 Å².